The average molecular weight is 470 g/mol. The molecule has 0 aliphatic carbocycles. The van der Waals surface area contributed by atoms with Crippen LogP contribution in [-0.4, -0.2) is 44.1 Å². The quantitative estimate of drug-likeness (QED) is 0.283. The molecule has 0 atom stereocenters. The molecule has 0 aromatic heterocycles. The standard InChI is InChI=1S/C22H22F4N2O5/c23-15-5-8-17(18(24)12-15)21(31)28-10-1-2-20(30)32-13-19(29)27-11-9-14-3-6-16(7-4-14)33-22(25)26/h3-8,12,22H,1-2,9-11,13H2,(H,27,29)(H,28,31). The molecule has 0 saturated carbocycles. The Balaban J connectivity index is 1.56. The Hall–Kier alpha value is -3.63. The van der Waals surface area contributed by atoms with Crippen molar-refractivity contribution in [2.24, 2.45) is 0 Å². The second-order valence-corrected chi connectivity index (χ2v) is 6.77. The summed E-state index contributed by atoms with van der Waals surface area (Å²) in [7, 11) is 0. The predicted octanol–water partition coefficient (Wildman–Crippen LogP) is 2.98. The van der Waals surface area contributed by atoms with Gasteiger partial charge in [0, 0.05) is 25.6 Å². The molecule has 2 N–H and O–H groups in total. The molecule has 2 amide bonds. The number of ether oxygens (including phenoxy) is 2. The van der Waals surface area contributed by atoms with Gasteiger partial charge < -0.3 is 20.1 Å². The van der Waals surface area contributed by atoms with Crippen LogP contribution in [0.4, 0.5) is 17.6 Å². The maximum Gasteiger partial charge on any atom is 0.387 e. The fourth-order valence-corrected chi connectivity index (χ4v) is 2.66. The number of carbonyl (C=O) groups is 3. The number of esters is 1. The number of carbonyl (C=O) groups excluding carboxylic acids is 3. The number of nitrogens with one attached hydrogen (secondary N) is 2. The minimum Gasteiger partial charge on any atom is -0.456 e. The number of halogens is 4. The average Bonchev–Trinajstić information content (AvgIpc) is 2.76. The topological polar surface area (TPSA) is 93.7 Å². The van der Waals surface area contributed by atoms with Crippen molar-refractivity contribution < 1.29 is 41.4 Å². The smallest absolute Gasteiger partial charge is 0.387 e. The van der Waals surface area contributed by atoms with E-state index in [0.29, 0.717) is 12.5 Å². The minimum absolute atomic E-state index is 0.0342. The first-order valence-electron chi connectivity index (χ1n) is 9.94. The molecule has 0 heterocycles. The van der Waals surface area contributed by atoms with E-state index in [1.54, 1.807) is 12.1 Å². The predicted molar refractivity (Wildman–Crippen MR) is 109 cm³/mol. The SMILES string of the molecule is O=C(COC(=O)CCCNC(=O)c1ccc(F)cc1F)NCCc1ccc(OC(F)F)cc1. The highest BCUT2D eigenvalue weighted by molar-refractivity contribution is 5.94. The zero-order chi connectivity index (χ0) is 24.2. The Labute approximate surface area is 187 Å². The van der Waals surface area contributed by atoms with Crippen LogP contribution in [-0.2, 0) is 20.7 Å². The summed E-state index contributed by atoms with van der Waals surface area (Å²) in [6.45, 7) is -3.08. The van der Waals surface area contributed by atoms with E-state index in [1.807, 2.05) is 0 Å². The lowest BCUT2D eigenvalue weighted by atomic mass is 10.1. The van der Waals surface area contributed by atoms with Gasteiger partial charge >= 0.3 is 12.6 Å². The van der Waals surface area contributed by atoms with E-state index in [4.69, 9.17) is 4.74 Å². The second-order valence-electron chi connectivity index (χ2n) is 6.77. The molecule has 0 unspecified atom stereocenters. The summed E-state index contributed by atoms with van der Waals surface area (Å²) in [5, 5.41) is 4.96. The largest absolute Gasteiger partial charge is 0.456 e. The van der Waals surface area contributed by atoms with Crippen molar-refractivity contribution in [2.75, 3.05) is 19.7 Å². The van der Waals surface area contributed by atoms with E-state index in [9.17, 15) is 31.9 Å². The number of amides is 2. The van der Waals surface area contributed by atoms with Gasteiger partial charge in [0.2, 0.25) is 0 Å². The molecule has 2 aromatic rings. The second kappa shape index (κ2) is 13.0. The summed E-state index contributed by atoms with van der Waals surface area (Å²) in [6, 6.07) is 8.54. The van der Waals surface area contributed by atoms with Crippen molar-refractivity contribution in [1.82, 2.24) is 10.6 Å². The lowest BCUT2D eigenvalue weighted by Crippen LogP contribution is -2.30. The third kappa shape index (κ3) is 9.58. The zero-order valence-corrected chi connectivity index (χ0v) is 17.4. The lowest BCUT2D eigenvalue weighted by Gasteiger charge is -2.08. The van der Waals surface area contributed by atoms with Crippen LogP contribution < -0.4 is 15.4 Å². The van der Waals surface area contributed by atoms with Crippen LogP contribution >= 0.6 is 0 Å². The Morgan fingerprint density at radius 1 is 0.939 bits per heavy atom. The third-order valence-corrected chi connectivity index (χ3v) is 4.27. The van der Waals surface area contributed by atoms with Gasteiger partial charge in [0.1, 0.15) is 17.4 Å². The number of alkyl halides is 2. The Bertz CT molecular complexity index is 954. The molecule has 2 rings (SSSR count). The van der Waals surface area contributed by atoms with Crippen molar-refractivity contribution in [1.29, 1.82) is 0 Å². The number of hydrogen-bond acceptors (Lipinski definition) is 5. The van der Waals surface area contributed by atoms with Crippen molar-refractivity contribution in [2.45, 2.75) is 25.9 Å². The van der Waals surface area contributed by atoms with Gasteiger partial charge in [-0.15, -0.1) is 0 Å². The van der Waals surface area contributed by atoms with Gasteiger partial charge in [-0.2, -0.15) is 8.78 Å². The van der Waals surface area contributed by atoms with E-state index in [2.05, 4.69) is 15.4 Å². The van der Waals surface area contributed by atoms with E-state index in [0.717, 1.165) is 17.7 Å². The van der Waals surface area contributed by atoms with Crippen molar-refractivity contribution in [3.8, 4) is 5.75 Å². The van der Waals surface area contributed by atoms with Crippen LogP contribution in [0.3, 0.4) is 0 Å². The van der Waals surface area contributed by atoms with Gasteiger partial charge in [0.15, 0.2) is 6.61 Å². The highest BCUT2D eigenvalue weighted by Gasteiger charge is 2.13. The molecule has 0 saturated heterocycles. The molecule has 0 aliphatic rings. The first-order valence-corrected chi connectivity index (χ1v) is 9.94. The van der Waals surface area contributed by atoms with Gasteiger partial charge in [-0.25, -0.2) is 8.78 Å². The lowest BCUT2D eigenvalue weighted by molar-refractivity contribution is -0.148. The van der Waals surface area contributed by atoms with Gasteiger partial charge in [0.05, 0.1) is 5.56 Å². The maximum atomic E-state index is 13.5. The van der Waals surface area contributed by atoms with E-state index >= 15 is 0 Å². The first-order chi connectivity index (χ1) is 15.7. The monoisotopic (exact) mass is 470 g/mol. The molecule has 11 heteroatoms. The molecular weight excluding hydrogens is 448 g/mol. The Morgan fingerprint density at radius 2 is 1.67 bits per heavy atom. The maximum absolute atomic E-state index is 13.5. The summed E-state index contributed by atoms with van der Waals surface area (Å²) < 4.78 is 59.6. The van der Waals surface area contributed by atoms with Gasteiger partial charge in [0.25, 0.3) is 11.8 Å². The molecule has 0 aliphatic heterocycles. The molecule has 33 heavy (non-hydrogen) atoms. The minimum atomic E-state index is -2.90. The van der Waals surface area contributed by atoms with Crippen LogP contribution in [0.15, 0.2) is 42.5 Å². The van der Waals surface area contributed by atoms with Crippen LogP contribution in [0, 0.1) is 11.6 Å². The summed E-state index contributed by atoms with van der Waals surface area (Å²) in [4.78, 5) is 35.2. The molecule has 7 nitrogen and oxygen atoms in total. The highest BCUT2D eigenvalue weighted by Crippen LogP contribution is 2.15. The van der Waals surface area contributed by atoms with E-state index < -0.39 is 42.6 Å². The van der Waals surface area contributed by atoms with Crippen LogP contribution in [0.2, 0.25) is 0 Å². The van der Waals surface area contributed by atoms with E-state index in [-0.39, 0.29) is 37.2 Å². The van der Waals surface area contributed by atoms with Crippen molar-refractivity contribution >= 4 is 17.8 Å². The number of benzene rings is 2. The van der Waals surface area contributed by atoms with Crippen molar-refractivity contribution in [3.05, 3.63) is 65.2 Å². The van der Waals surface area contributed by atoms with Gasteiger partial charge in [-0.05, 0) is 42.7 Å². The van der Waals surface area contributed by atoms with Gasteiger partial charge in [-0.3, -0.25) is 14.4 Å². The summed E-state index contributed by atoms with van der Waals surface area (Å²) in [5.74, 6) is -3.66. The molecule has 2 aromatic carbocycles. The number of hydrogen-bond donors (Lipinski definition) is 2. The van der Waals surface area contributed by atoms with Crippen LogP contribution in [0.25, 0.3) is 0 Å². The first kappa shape index (κ1) is 25.6. The zero-order valence-electron chi connectivity index (χ0n) is 17.4. The molecular formula is C22H22F4N2O5. The van der Waals surface area contributed by atoms with Crippen LogP contribution in [0.1, 0.15) is 28.8 Å². The molecule has 0 spiro atoms. The van der Waals surface area contributed by atoms with Crippen LogP contribution in [0.5, 0.6) is 5.75 Å². The fraction of sp³-hybridized carbons (Fsp3) is 0.318. The van der Waals surface area contributed by atoms with Crippen molar-refractivity contribution in [3.63, 3.8) is 0 Å². The molecule has 0 bridgehead atoms. The fourth-order valence-electron chi connectivity index (χ4n) is 2.66. The summed E-state index contributed by atoms with van der Waals surface area (Å²) >= 11 is 0. The van der Waals surface area contributed by atoms with E-state index in [1.165, 1.54) is 12.1 Å². The normalized spacial score (nSPS) is 10.6. The third-order valence-electron chi connectivity index (χ3n) is 4.27. The molecule has 0 radical (unpaired) electrons. The Morgan fingerprint density at radius 3 is 2.33 bits per heavy atom. The molecule has 0 fully saturated rings. The Kier molecular flexibility index (Phi) is 10.1. The van der Waals surface area contributed by atoms with Gasteiger partial charge in [-0.1, -0.05) is 12.1 Å². The number of rotatable bonds is 12. The summed E-state index contributed by atoms with van der Waals surface area (Å²) in [5.41, 5.74) is 0.476. The molecule has 178 valence electrons. The summed E-state index contributed by atoms with van der Waals surface area (Å²) in [6.07, 6.45) is 0.551. The highest BCUT2D eigenvalue weighted by atomic mass is 19.3.